The molecule has 5 aromatic rings. The van der Waals surface area contributed by atoms with Crippen molar-refractivity contribution < 1.29 is 32.2 Å². The van der Waals surface area contributed by atoms with Crippen LogP contribution in [0.4, 0.5) is 13.2 Å². The summed E-state index contributed by atoms with van der Waals surface area (Å²) in [6.45, 7) is 0. The number of ether oxygens (including phenoxy) is 1. The molecule has 3 heterocycles. The Morgan fingerprint density at radius 3 is 2.54 bits per heavy atom. The average molecular weight is 574 g/mol. The maximum Gasteiger partial charge on any atom is 0.429 e. The molecule has 0 aliphatic carbocycles. The number of thiophene rings is 1. The molecule has 0 saturated heterocycles. The Kier molecular flexibility index (Phi) is 7.30. The number of rotatable bonds is 8. The zero-order valence-corrected chi connectivity index (χ0v) is 21.4. The molecule has 2 aromatic carbocycles. The largest absolute Gasteiger partial charge is 0.480 e. The van der Waals surface area contributed by atoms with E-state index in [-0.39, 0.29) is 28.5 Å². The molecule has 0 aliphatic heterocycles. The lowest BCUT2D eigenvalue weighted by Gasteiger charge is -2.24. The topological polar surface area (TPSA) is 111 Å². The maximum absolute atomic E-state index is 14.4. The van der Waals surface area contributed by atoms with Crippen molar-refractivity contribution in [1.82, 2.24) is 9.97 Å². The Morgan fingerprint density at radius 1 is 1.10 bits per heavy atom. The second kappa shape index (κ2) is 10.7. The quantitative estimate of drug-likeness (QED) is 0.207. The number of halogens is 4. The molecule has 0 amide bonds. The molecular formula is C27H19ClF3N3O4S. The zero-order valence-electron chi connectivity index (χ0n) is 19.9. The SMILES string of the molecule is N[C@@H](Cc1ccc(-c2csc3c(O[C@H](c4ccc(Cl)cc4-c4ccoc4)C(F)(F)F)ncnc23)cc1)C(=O)O. The molecule has 0 unspecified atom stereocenters. The van der Waals surface area contributed by atoms with E-state index in [0.29, 0.717) is 21.3 Å². The number of carboxylic acids is 1. The van der Waals surface area contributed by atoms with Gasteiger partial charge in [-0.25, -0.2) is 9.97 Å². The van der Waals surface area contributed by atoms with Gasteiger partial charge >= 0.3 is 12.1 Å². The second-order valence-electron chi connectivity index (χ2n) is 8.63. The van der Waals surface area contributed by atoms with Crippen LogP contribution in [0, 0.1) is 0 Å². The molecule has 0 fully saturated rings. The molecule has 7 nitrogen and oxygen atoms in total. The van der Waals surface area contributed by atoms with Crippen LogP contribution in [-0.2, 0) is 11.2 Å². The molecule has 3 aromatic heterocycles. The van der Waals surface area contributed by atoms with E-state index in [1.54, 1.807) is 29.6 Å². The van der Waals surface area contributed by atoms with Crippen LogP contribution in [0.15, 0.2) is 77.2 Å². The predicted octanol–water partition coefficient (Wildman–Crippen LogP) is 6.91. The molecule has 200 valence electrons. The van der Waals surface area contributed by atoms with Crippen molar-refractivity contribution >= 4 is 39.1 Å². The molecule has 0 aliphatic rings. The van der Waals surface area contributed by atoms with Crippen molar-refractivity contribution in [2.45, 2.75) is 24.7 Å². The second-order valence-corrected chi connectivity index (χ2v) is 9.95. The van der Waals surface area contributed by atoms with Crippen LogP contribution < -0.4 is 10.5 Å². The molecule has 2 atom stereocenters. The van der Waals surface area contributed by atoms with Gasteiger partial charge in [-0.15, -0.1) is 11.3 Å². The summed E-state index contributed by atoms with van der Waals surface area (Å²) >= 11 is 7.25. The van der Waals surface area contributed by atoms with Gasteiger partial charge in [0.2, 0.25) is 12.0 Å². The molecule has 0 bridgehead atoms. The van der Waals surface area contributed by atoms with Crippen molar-refractivity contribution in [2.24, 2.45) is 5.73 Å². The highest BCUT2D eigenvalue weighted by Crippen LogP contribution is 2.44. The number of carbonyl (C=O) groups is 1. The summed E-state index contributed by atoms with van der Waals surface area (Å²) in [7, 11) is 0. The minimum atomic E-state index is -4.78. The van der Waals surface area contributed by atoms with Gasteiger partial charge in [-0.3, -0.25) is 4.79 Å². The summed E-state index contributed by atoms with van der Waals surface area (Å²) in [6, 6.07) is 11.6. The fraction of sp³-hybridized carbons (Fsp3) is 0.148. The van der Waals surface area contributed by atoms with E-state index in [0.717, 1.165) is 28.8 Å². The first kappa shape index (κ1) is 26.7. The highest BCUT2D eigenvalue weighted by molar-refractivity contribution is 7.18. The number of aliphatic carboxylic acids is 1. The van der Waals surface area contributed by atoms with Crippen LogP contribution in [0.25, 0.3) is 32.5 Å². The van der Waals surface area contributed by atoms with Gasteiger partial charge in [0.25, 0.3) is 0 Å². The van der Waals surface area contributed by atoms with Crippen LogP contribution in [0.2, 0.25) is 5.02 Å². The number of aromatic nitrogens is 2. The number of furan rings is 1. The molecular weight excluding hydrogens is 555 g/mol. The van der Waals surface area contributed by atoms with Gasteiger partial charge in [0.15, 0.2) is 0 Å². The smallest absolute Gasteiger partial charge is 0.429 e. The summed E-state index contributed by atoms with van der Waals surface area (Å²) < 4.78 is 54.2. The normalized spacial score (nSPS) is 13.4. The third-order valence-electron chi connectivity index (χ3n) is 6.02. The molecule has 12 heteroatoms. The lowest BCUT2D eigenvalue weighted by Crippen LogP contribution is -2.32. The Labute approximate surface area is 228 Å². The summed E-state index contributed by atoms with van der Waals surface area (Å²) in [6.07, 6.45) is -3.13. The monoisotopic (exact) mass is 573 g/mol. The van der Waals surface area contributed by atoms with Crippen molar-refractivity contribution in [1.29, 1.82) is 0 Å². The standard InChI is InChI=1S/C27H19ClF3N3O4S/c28-17-5-6-18(19(10-17)16-7-8-37-11-16)24(27(29,30)31)38-25-23-22(33-13-34-25)20(12-39-23)15-3-1-14(2-4-15)9-21(32)26(35)36/h1-8,10-13,21,24H,9,32H2,(H,35,36)/t21-,24+/m0/s1. The number of hydrogen-bond acceptors (Lipinski definition) is 7. The number of fused-ring (bicyclic) bond motifs is 1. The molecule has 0 saturated carbocycles. The van der Waals surface area contributed by atoms with Crippen molar-refractivity contribution in [3.63, 3.8) is 0 Å². The van der Waals surface area contributed by atoms with Gasteiger partial charge in [0.05, 0.1) is 18.0 Å². The van der Waals surface area contributed by atoms with Crippen LogP contribution in [0.5, 0.6) is 5.88 Å². The Bertz CT molecular complexity index is 1620. The van der Waals surface area contributed by atoms with Gasteiger partial charge < -0.3 is 20.0 Å². The summed E-state index contributed by atoms with van der Waals surface area (Å²) in [5.41, 5.74) is 8.67. The molecule has 5 rings (SSSR count). The molecule has 0 spiro atoms. The third-order valence-corrected chi connectivity index (χ3v) is 7.21. The third kappa shape index (κ3) is 5.60. The van der Waals surface area contributed by atoms with E-state index < -0.39 is 24.3 Å². The first-order chi connectivity index (χ1) is 18.6. The summed E-state index contributed by atoms with van der Waals surface area (Å²) in [4.78, 5) is 19.4. The van der Waals surface area contributed by atoms with Crippen molar-refractivity contribution in [3.05, 3.63) is 88.9 Å². The number of benzene rings is 2. The van der Waals surface area contributed by atoms with Crippen molar-refractivity contribution in [2.75, 3.05) is 0 Å². The van der Waals surface area contributed by atoms with E-state index in [1.165, 1.54) is 36.8 Å². The average Bonchev–Trinajstić information content (AvgIpc) is 3.58. The number of alkyl halides is 3. The summed E-state index contributed by atoms with van der Waals surface area (Å²) in [5, 5.41) is 11.0. The van der Waals surface area contributed by atoms with E-state index >= 15 is 0 Å². The van der Waals surface area contributed by atoms with Crippen molar-refractivity contribution in [3.8, 4) is 28.1 Å². The van der Waals surface area contributed by atoms with Gasteiger partial charge in [0, 0.05) is 27.1 Å². The van der Waals surface area contributed by atoms with E-state index in [1.807, 2.05) is 0 Å². The highest BCUT2D eigenvalue weighted by atomic mass is 35.5. The fourth-order valence-electron chi connectivity index (χ4n) is 4.12. The molecule has 39 heavy (non-hydrogen) atoms. The molecule has 0 radical (unpaired) electrons. The number of nitrogens with two attached hydrogens (primary N) is 1. The highest BCUT2D eigenvalue weighted by Gasteiger charge is 2.45. The number of hydrogen-bond donors (Lipinski definition) is 2. The fourth-order valence-corrected chi connectivity index (χ4v) is 5.25. The molecule has 3 N–H and O–H groups in total. The first-order valence-corrected chi connectivity index (χ1v) is 12.7. The summed E-state index contributed by atoms with van der Waals surface area (Å²) in [5.74, 6) is -1.31. The minimum Gasteiger partial charge on any atom is -0.480 e. The maximum atomic E-state index is 14.4. The Hall–Kier alpha value is -3.93. The first-order valence-electron chi connectivity index (χ1n) is 11.5. The van der Waals surface area contributed by atoms with E-state index in [9.17, 15) is 18.0 Å². The van der Waals surface area contributed by atoms with Crippen LogP contribution in [-0.4, -0.2) is 33.3 Å². The Balaban J connectivity index is 1.50. The van der Waals surface area contributed by atoms with Gasteiger partial charge in [0.1, 0.15) is 17.1 Å². The minimum absolute atomic E-state index is 0.146. The van der Waals surface area contributed by atoms with Gasteiger partial charge in [-0.2, -0.15) is 13.2 Å². The predicted molar refractivity (Wildman–Crippen MR) is 141 cm³/mol. The van der Waals surface area contributed by atoms with Gasteiger partial charge in [-0.05, 0) is 41.3 Å². The van der Waals surface area contributed by atoms with Crippen LogP contribution in [0.1, 0.15) is 17.2 Å². The van der Waals surface area contributed by atoms with E-state index in [2.05, 4.69) is 9.97 Å². The Morgan fingerprint density at radius 2 is 1.87 bits per heavy atom. The van der Waals surface area contributed by atoms with Gasteiger partial charge in [-0.1, -0.05) is 41.9 Å². The zero-order chi connectivity index (χ0) is 27.7. The number of nitrogens with zero attached hydrogens (tertiary/aromatic N) is 2. The van der Waals surface area contributed by atoms with Crippen LogP contribution >= 0.6 is 22.9 Å². The van der Waals surface area contributed by atoms with Crippen LogP contribution in [0.3, 0.4) is 0 Å². The number of carboxylic acid groups (broad SMARTS) is 1. The van der Waals surface area contributed by atoms with E-state index in [4.69, 9.17) is 31.6 Å². The lowest BCUT2D eigenvalue weighted by atomic mass is 9.97. The lowest BCUT2D eigenvalue weighted by molar-refractivity contribution is -0.198.